The molecule has 0 bridgehead atoms. The van der Waals surface area contributed by atoms with Gasteiger partial charge >= 0.3 is 0 Å². The molecule has 1 heterocycles. The zero-order valence-corrected chi connectivity index (χ0v) is 7.34. The number of nitrogens with two attached hydrogens (primary N) is 1. The summed E-state index contributed by atoms with van der Waals surface area (Å²) in [6, 6.07) is 6.06. The van der Waals surface area contributed by atoms with Crippen molar-refractivity contribution in [2.75, 3.05) is 5.73 Å². The van der Waals surface area contributed by atoms with E-state index in [0.717, 1.165) is 0 Å². The van der Waals surface area contributed by atoms with E-state index in [1.165, 1.54) is 6.07 Å². The van der Waals surface area contributed by atoms with Crippen molar-refractivity contribution in [2.45, 2.75) is 0 Å². The lowest BCUT2D eigenvalue weighted by atomic mass is 10.2. The molecule has 2 rings (SSSR count). The minimum absolute atomic E-state index is 0.111. The molecule has 3 nitrogen and oxygen atoms in total. The van der Waals surface area contributed by atoms with Crippen LogP contribution < -0.4 is 11.2 Å². The molecular weight excluding hydrogens is 190 g/mol. The molecule has 1 aromatic heterocycles. The van der Waals surface area contributed by atoms with Crippen molar-refractivity contribution in [2.24, 2.45) is 0 Å². The average Bonchev–Trinajstić information content (AvgIpc) is 2.06. The molecule has 2 N–H and O–H groups in total. The minimum Gasteiger partial charge on any atom is -0.441 e. The molecule has 1 aromatic carbocycles. The van der Waals surface area contributed by atoms with Crippen LogP contribution in [0, 0.1) is 0 Å². The third-order valence-electron chi connectivity index (χ3n) is 1.71. The van der Waals surface area contributed by atoms with Gasteiger partial charge in [0.25, 0.3) is 0 Å². The van der Waals surface area contributed by atoms with Crippen molar-refractivity contribution >= 4 is 28.5 Å². The van der Waals surface area contributed by atoms with Crippen LogP contribution in [0.3, 0.4) is 0 Å². The fourth-order valence-electron chi connectivity index (χ4n) is 1.15. The molecule has 0 fully saturated rings. The van der Waals surface area contributed by atoms with Crippen LogP contribution in [0.5, 0.6) is 0 Å². The molecule has 0 saturated heterocycles. The fraction of sp³-hybridized carbons (Fsp3) is 0. The Morgan fingerprint density at radius 1 is 1.31 bits per heavy atom. The van der Waals surface area contributed by atoms with Gasteiger partial charge in [-0.3, -0.25) is 4.79 Å². The maximum atomic E-state index is 11.4. The first-order chi connectivity index (χ1) is 6.16. The molecule has 13 heavy (non-hydrogen) atoms. The number of nitrogen functional groups attached to an aromatic ring is 1. The van der Waals surface area contributed by atoms with E-state index in [0.29, 0.717) is 16.0 Å². The molecule has 0 aliphatic heterocycles. The van der Waals surface area contributed by atoms with Crippen LogP contribution in [0.1, 0.15) is 0 Å². The fourth-order valence-corrected chi connectivity index (χ4v) is 1.32. The third-order valence-corrected chi connectivity index (χ3v) is 1.94. The lowest BCUT2D eigenvalue weighted by molar-refractivity contribution is 0.625. The highest BCUT2D eigenvalue weighted by Crippen LogP contribution is 2.17. The summed E-state index contributed by atoms with van der Waals surface area (Å²) in [5.41, 5.74) is 5.64. The summed E-state index contributed by atoms with van der Waals surface area (Å²) in [7, 11) is 0. The lowest BCUT2D eigenvalue weighted by Gasteiger charge is -1.97. The van der Waals surface area contributed by atoms with Gasteiger partial charge in [-0.25, -0.2) is 0 Å². The summed E-state index contributed by atoms with van der Waals surface area (Å²) < 4.78 is 5.12. The second kappa shape index (κ2) is 2.78. The quantitative estimate of drug-likeness (QED) is 0.700. The van der Waals surface area contributed by atoms with Crippen LogP contribution in [0.2, 0.25) is 5.02 Å². The zero-order valence-electron chi connectivity index (χ0n) is 6.58. The van der Waals surface area contributed by atoms with Gasteiger partial charge in [-0.2, -0.15) is 0 Å². The van der Waals surface area contributed by atoms with E-state index in [4.69, 9.17) is 21.8 Å². The first-order valence-electron chi connectivity index (χ1n) is 3.66. The van der Waals surface area contributed by atoms with Crippen LogP contribution in [0.25, 0.3) is 11.0 Å². The van der Waals surface area contributed by atoms with Gasteiger partial charge in [0.1, 0.15) is 5.58 Å². The van der Waals surface area contributed by atoms with Gasteiger partial charge < -0.3 is 10.2 Å². The van der Waals surface area contributed by atoms with Crippen LogP contribution in [0.15, 0.2) is 33.5 Å². The Hall–Kier alpha value is -1.48. The van der Waals surface area contributed by atoms with Crippen molar-refractivity contribution in [3.05, 3.63) is 39.5 Å². The van der Waals surface area contributed by atoms with Gasteiger partial charge in [0.05, 0.1) is 5.39 Å². The zero-order chi connectivity index (χ0) is 9.42. The van der Waals surface area contributed by atoms with Crippen molar-refractivity contribution in [3.63, 3.8) is 0 Å². The molecule has 0 amide bonds. The largest absolute Gasteiger partial charge is 0.441 e. The SMILES string of the molecule is Nc1cc(=O)c2cc(Cl)ccc2o1. The van der Waals surface area contributed by atoms with Gasteiger partial charge in [-0.1, -0.05) is 11.6 Å². The van der Waals surface area contributed by atoms with E-state index in [1.54, 1.807) is 18.2 Å². The summed E-state index contributed by atoms with van der Waals surface area (Å²) >= 11 is 5.72. The molecule has 0 spiro atoms. The normalized spacial score (nSPS) is 10.5. The predicted molar refractivity (Wildman–Crippen MR) is 51.9 cm³/mol. The smallest absolute Gasteiger partial charge is 0.194 e. The highest BCUT2D eigenvalue weighted by Gasteiger charge is 2.02. The standard InChI is InChI=1S/C9H6ClNO2/c10-5-1-2-8-6(3-5)7(12)4-9(11)13-8/h1-4H,11H2. The van der Waals surface area contributed by atoms with Crippen molar-refractivity contribution < 1.29 is 4.42 Å². The van der Waals surface area contributed by atoms with E-state index in [2.05, 4.69) is 0 Å². The topological polar surface area (TPSA) is 56.2 Å². The minimum atomic E-state index is -0.179. The second-order valence-electron chi connectivity index (χ2n) is 2.65. The Labute approximate surface area is 78.7 Å². The molecule has 0 atom stereocenters. The molecule has 0 unspecified atom stereocenters. The van der Waals surface area contributed by atoms with Gasteiger partial charge in [0, 0.05) is 11.1 Å². The molecule has 0 saturated carbocycles. The Balaban J connectivity index is 2.95. The van der Waals surface area contributed by atoms with Crippen molar-refractivity contribution in [1.29, 1.82) is 0 Å². The van der Waals surface area contributed by atoms with Gasteiger partial charge in [0.2, 0.25) is 0 Å². The van der Waals surface area contributed by atoms with Gasteiger partial charge in [-0.05, 0) is 18.2 Å². The summed E-state index contributed by atoms with van der Waals surface area (Å²) in [5.74, 6) is 0.111. The average molecular weight is 196 g/mol. The summed E-state index contributed by atoms with van der Waals surface area (Å²) in [4.78, 5) is 11.4. The van der Waals surface area contributed by atoms with E-state index in [1.807, 2.05) is 0 Å². The number of fused-ring (bicyclic) bond motifs is 1. The number of halogens is 1. The first-order valence-corrected chi connectivity index (χ1v) is 4.03. The molecule has 4 heteroatoms. The number of anilines is 1. The molecule has 0 aliphatic carbocycles. The predicted octanol–water partition coefficient (Wildman–Crippen LogP) is 2.03. The van der Waals surface area contributed by atoms with E-state index >= 15 is 0 Å². The molecule has 0 aliphatic rings. The molecular formula is C9H6ClNO2. The van der Waals surface area contributed by atoms with E-state index in [-0.39, 0.29) is 11.3 Å². The summed E-state index contributed by atoms with van der Waals surface area (Å²) in [5, 5.41) is 0.950. The van der Waals surface area contributed by atoms with E-state index in [9.17, 15) is 4.79 Å². The highest BCUT2D eigenvalue weighted by atomic mass is 35.5. The Bertz CT molecular complexity index is 518. The van der Waals surface area contributed by atoms with Gasteiger partial charge in [-0.15, -0.1) is 0 Å². The summed E-state index contributed by atoms with van der Waals surface area (Å²) in [6.45, 7) is 0. The molecule has 2 aromatic rings. The Kier molecular flexibility index (Phi) is 1.74. The van der Waals surface area contributed by atoms with E-state index < -0.39 is 0 Å². The van der Waals surface area contributed by atoms with Crippen LogP contribution in [-0.4, -0.2) is 0 Å². The number of hydrogen-bond acceptors (Lipinski definition) is 3. The van der Waals surface area contributed by atoms with Crippen LogP contribution in [0.4, 0.5) is 5.88 Å². The lowest BCUT2D eigenvalue weighted by Crippen LogP contribution is -2.01. The summed E-state index contributed by atoms with van der Waals surface area (Å²) in [6.07, 6.45) is 0. The highest BCUT2D eigenvalue weighted by molar-refractivity contribution is 6.31. The first kappa shape index (κ1) is 8.13. The third kappa shape index (κ3) is 1.38. The van der Waals surface area contributed by atoms with Gasteiger partial charge in [0.15, 0.2) is 11.3 Å². The number of rotatable bonds is 0. The van der Waals surface area contributed by atoms with Crippen LogP contribution in [-0.2, 0) is 0 Å². The number of benzene rings is 1. The van der Waals surface area contributed by atoms with Crippen LogP contribution >= 0.6 is 11.6 Å². The monoisotopic (exact) mass is 195 g/mol. The Morgan fingerprint density at radius 2 is 2.08 bits per heavy atom. The maximum absolute atomic E-state index is 11.4. The van der Waals surface area contributed by atoms with Crippen molar-refractivity contribution in [3.8, 4) is 0 Å². The Morgan fingerprint density at radius 3 is 2.85 bits per heavy atom. The maximum Gasteiger partial charge on any atom is 0.194 e. The molecule has 0 radical (unpaired) electrons. The second-order valence-corrected chi connectivity index (χ2v) is 3.09. The van der Waals surface area contributed by atoms with Crippen molar-refractivity contribution in [1.82, 2.24) is 0 Å². The number of hydrogen-bond donors (Lipinski definition) is 1. The molecule has 66 valence electrons.